The Balaban J connectivity index is 1.99. The fourth-order valence-corrected chi connectivity index (χ4v) is 3.90. The van der Waals surface area contributed by atoms with E-state index in [1.54, 1.807) is 36.4 Å². The van der Waals surface area contributed by atoms with Gasteiger partial charge in [-0.1, -0.05) is 12.1 Å². The molecule has 4 atom stereocenters. The van der Waals surface area contributed by atoms with Gasteiger partial charge in [0.1, 0.15) is 0 Å². The lowest BCUT2D eigenvalue weighted by Gasteiger charge is -2.23. The summed E-state index contributed by atoms with van der Waals surface area (Å²) in [7, 11) is 2.98. The highest BCUT2D eigenvalue weighted by Crippen LogP contribution is 2.51. The van der Waals surface area contributed by atoms with Gasteiger partial charge in [-0.05, 0) is 42.3 Å². The predicted molar refractivity (Wildman–Crippen MR) is 106 cm³/mol. The van der Waals surface area contributed by atoms with Crippen LogP contribution in [0.3, 0.4) is 0 Å². The Morgan fingerprint density at radius 2 is 1.38 bits per heavy atom. The van der Waals surface area contributed by atoms with Gasteiger partial charge in [0.25, 0.3) is 0 Å². The standard InChI is InChI=1S/C22H28O7/c1-4-28-12-16-15(11-23)21(13-5-7-17(24)19(9-13)26-2)29-22(16)14-6-8-18(25)20(10-14)27-3/h5-10,15-16,21-25H,4,11-12H2,1-3H3/t15-,16-,21+,22+/m1/s1. The van der Waals surface area contributed by atoms with Gasteiger partial charge in [-0.2, -0.15) is 0 Å². The Morgan fingerprint density at radius 1 is 0.862 bits per heavy atom. The lowest BCUT2D eigenvalue weighted by atomic mass is 9.83. The van der Waals surface area contributed by atoms with Gasteiger partial charge in [-0.25, -0.2) is 0 Å². The van der Waals surface area contributed by atoms with Crippen molar-refractivity contribution in [3.63, 3.8) is 0 Å². The van der Waals surface area contributed by atoms with Gasteiger partial charge < -0.3 is 34.3 Å². The fraction of sp³-hybridized carbons (Fsp3) is 0.455. The van der Waals surface area contributed by atoms with Crippen LogP contribution in [0.15, 0.2) is 36.4 Å². The topological polar surface area (TPSA) is 97.6 Å². The van der Waals surface area contributed by atoms with Crippen LogP contribution in [-0.4, -0.2) is 49.4 Å². The van der Waals surface area contributed by atoms with Gasteiger partial charge >= 0.3 is 0 Å². The smallest absolute Gasteiger partial charge is 0.160 e. The molecule has 1 aliphatic rings. The molecule has 0 saturated carbocycles. The number of phenolic OH excluding ortho intramolecular Hbond substituents is 2. The van der Waals surface area contributed by atoms with E-state index in [2.05, 4.69) is 0 Å². The summed E-state index contributed by atoms with van der Waals surface area (Å²) in [5, 5.41) is 30.0. The van der Waals surface area contributed by atoms with E-state index in [0.29, 0.717) is 24.7 Å². The summed E-state index contributed by atoms with van der Waals surface area (Å²) in [5.41, 5.74) is 1.63. The van der Waals surface area contributed by atoms with Crippen molar-refractivity contribution in [2.75, 3.05) is 34.0 Å². The summed E-state index contributed by atoms with van der Waals surface area (Å²) >= 11 is 0. The summed E-state index contributed by atoms with van der Waals surface area (Å²) in [6.07, 6.45) is -0.775. The van der Waals surface area contributed by atoms with Crippen LogP contribution in [0.4, 0.5) is 0 Å². The monoisotopic (exact) mass is 404 g/mol. The molecule has 29 heavy (non-hydrogen) atoms. The zero-order valence-electron chi connectivity index (χ0n) is 16.9. The zero-order valence-corrected chi connectivity index (χ0v) is 16.9. The predicted octanol–water partition coefficient (Wildman–Crippen LogP) is 3.19. The van der Waals surface area contributed by atoms with Crippen LogP contribution in [0.5, 0.6) is 23.0 Å². The molecule has 7 nitrogen and oxygen atoms in total. The molecule has 158 valence electrons. The molecule has 3 rings (SSSR count). The summed E-state index contributed by atoms with van der Waals surface area (Å²) in [6, 6.07) is 10.1. The van der Waals surface area contributed by atoms with E-state index in [4.69, 9.17) is 18.9 Å². The average molecular weight is 404 g/mol. The van der Waals surface area contributed by atoms with Crippen molar-refractivity contribution in [2.45, 2.75) is 19.1 Å². The van der Waals surface area contributed by atoms with Crippen LogP contribution in [-0.2, 0) is 9.47 Å². The molecule has 3 N–H and O–H groups in total. The number of aromatic hydroxyl groups is 2. The van der Waals surface area contributed by atoms with Crippen LogP contribution in [0, 0.1) is 11.8 Å². The molecular formula is C22H28O7. The number of benzene rings is 2. The Hall–Kier alpha value is -2.48. The lowest BCUT2D eigenvalue weighted by Crippen LogP contribution is -2.24. The van der Waals surface area contributed by atoms with E-state index in [0.717, 1.165) is 11.1 Å². The molecule has 0 aliphatic carbocycles. The average Bonchev–Trinajstić information content (AvgIpc) is 3.11. The van der Waals surface area contributed by atoms with E-state index in [9.17, 15) is 15.3 Å². The number of ether oxygens (including phenoxy) is 4. The summed E-state index contributed by atoms with van der Waals surface area (Å²) in [6.45, 7) is 2.81. The van der Waals surface area contributed by atoms with E-state index in [-0.39, 0.29) is 36.0 Å². The second-order valence-corrected chi connectivity index (χ2v) is 7.01. The fourth-order valence-electron chi connectivity index (χ4n) is 3.90. The minimum Gasteiger partial charge on any atom is -0.504 e. The van der Waals surface area contributed by atoms with Crippen molar-refractivity contribution >= 4 is 0 Å². The van der Waals surface area contributed by atoms with Gasteiger partial charge in [0.05, 0.1) is 33.0 Å². The Bertz CT molecular complexity index is 823. The summed E-state index contributed by atoms with van der Waals surface area (Å²) in [4.78, 5) is 0. The highest BCUT2D eigenvalue weighted by atomic mass is 16.5. The van der Waals surface area contributed by atoms with Crippen molar-refractivity contribution in [3.05, 3.63) is 47.5 Å². The number of hydrogen-bond acceptors (Lipinski definition) is 7. The first-order chi connectivity index (χ1) is 14.0. The highest BCUT2D eigenvalue weighted by molar-refractivity contribution is 5.44. The van der Waals surface area contributed by atoms with Crippen molar-refractivity contribution < 1.29 is 34.3 Å². The molecule has 1 aliphatic heterocycles. The SMILES string of the molecule is CCOC[C@@H]1[C@@H](CO)[C@H](c2ccc(O)c(OC)c2)O[C@H]1c1ccc(O)c(OC)c1. The number of aliphatic hydroxyl groups is 1. The summed E-state index contributed by atoms with van der Waals surface area (Å²) < 4.78 is 22.6. The number of aliphatic hydroxyl groups excluding tert-OH is 1. The molecule has 1 saturated heterocycles. The van der Waals surface area contributed by atoms with Crippen LogP contribution in [0.25, 0.3) is 0 Å². The van der Waals surface area contributed by atoms with E-state index >= 15 is 0 Å². The second-order valence-electron chi connectivity index (χ2n) is 7.01. The van der Waals surface area contributed by atoms with E-state index in [1.165, 1.54) is 14.2 Å². The van der Waals surface area contributed by atoms with Gasteiger partial charge in [-0.3, -0.25) is 0 Å². The first-order valence-electron chi connectivity index (χ1n) is 9.61. The zero-order chi connectivity index (χ0) is 21.0. The molecule has 0 unspecified atom stereocenters. The van der Waals surface area contributed by atoms with E-state index < -0.39 is 6.10 Å². The quantitative estimate of drug-likeness (QED) is 0.622. The van der Waals surface area contributed by atoms with Crippen molar-refractivity contribution in [2.24, 2.45) is 11.8 Å². The third-order valence-electron chi connectivity index (χ3n) is 5.41. The number of rotatable bonds is 8. The minimum atomic E-state index is -0.412. The molecule has 0 bridgehead atoms. The third-order valence-corrected chi connectivity index (χ3v) is 5.41. The Labute approximate surface area is 170 Å². The largest absolute Gasteiger partial charge is 0.504 e. The molecule has 1 heterocycles. The molecule has 0 aromatic heterocycles. The van der Waals surface area contributed by atoms with Gasteiger partial charge in [0.15, 0.2) is 23.0 Å². The second kappa shape index (κ2) is 9.35. The van der Waals surface area contributed by atoms with Crippen molar-refractivity contribution in [1.29, 1.82) is 0 Å². The van der Waals surface area contributed by atoms with Gasteiger partial charge in [-0.15, -0.1) is 0 Å². The molecular weight excluding hydrogens is 376 g/mol. The molecule has 7 heteroatoms. The van der Waals surface area contributed by atoms with Crippen molar-refractivity contribution in [1.82, 2.24) is 0 Å². The van der Waals surface area contributed by atoms with Crippen LogP contribution in [0.1, 0.15) is 30.3 Å². The highest BCUT2D eigenvalue weighted by Gasteiger charge is 2.45. The van der Waals surface area contributed by atoms with Crippen LogP contribution < -0.4 is 9.47 Å². The molecule has 2 aromatic rings. The Morgan fingerprint density at radius 3 is 1.83 bits per heavy atom. The normalized spacial score (nSPS) is 23.9. The van der Waals surface area contributed by atoms with Gasteiger partial charge in [0.2, 0.25) is 0 Å². The lowest BCUT2D eigenvalue weighted by molar-refractivity contribution is 0.0129. The van der Waals surface area contributed by atoms with E-state index in [1.807, 2.05) is 6.92 Å². The van der Waals surface area contributed by atoms with Crippen LogP contribution in [0.2, 0.25) is 0 Å². The molecule has 0 amide bonds. The minimum absolute atomic E-state index is 0.0421. The number of hydrogen-bond donors (Lipinski definition) is 3. The maximum atomic E-state index is 10.2. The first kappa shape index (κ1) is 21.2. The number of phenols is 2. The molecule has 0 spiro atoms. The van der Waals surface area contributed by atoms with Crippen molar-refractivity contribution in [3.8, 4) is 23.0 Å². The van der Waals surface area contributed by atoms with Crippen LogP contribution >= 0.6 is 0 Å². The third kappa shape index (κ3) is 4.27. The molecule has 1 fully saturated rings. The molecule has 0 radical (unpaired) electrons. The maximum absolute atomic E-state index is 10.2. The first-order valence-corrected chi connectivity index (χ1v) is 9.61. The van der Waals surface area contributed by atoms with Gasteiger partial charge in [0, 0.05) is 25.0 Å². The summed E-state index contributed by atoms with van der Waals surface area (Å²) in [5.74, 6) is 0.463. The maximum Gasteiger partial charge on any atom is 0.160 e. The molecule has 2 aromatic carbocycles. The number of methoxy groups -OCH3 is 2. The Kier molecular flexibility index (Phi) is 6.84.